The van der Waals surface area contributed by atoms with Crippen molar-refractivity contribution in [3.05, 3.63) is 60.2 Å². The summed E-state index contributed by atoms with van der Waals surface area (Å²) in [6.07, 6.45) is 1.51. The molecule has 0 aliphatic rings. The lowest BCUT2D eigenvalue weighted by atomic mass is 10.2. The van der Waals surface area contributed by atoms with Gasteiger partial charge in [-0.2, -0.15) is 0 Å². The number of aromatic nitrogens is 3. The van der Waals surface area contributed by atoms with Crippen molar-refractivity contribution in [3.63, 3.8) is 0 Å². The molecule has 140 valence electrons. The Bertz CT molecular complexity index is 947. The first-order valence-electron chi connectivity index (χ1n) is 8.02. The summed E-state index contributed by atoms with van der Waals surface area (Å²) in [7, 11) is 3.14. The maximum atomic E-state index is 13.7. The summed E-state index contributed by atoms with van der Waals surface area (Å²) in [5, 5.41) is 10.4. The largest absolute Gasteiger partial charge is 0.497 e. The van der Waals surface area contributed by atoms with Crippen LogP contribution in [0.2, 0.25) is 0 Å². The number of hydrogen-bond acceptors (Lipinski definition) is 5. The van der Waals surface area contributed by atoms with Crippen molar-refractivity contribution >= 4 is 29.0 Å². The van der Waals surface area contributed by atoms with Gasteiger partial charge in [-0.3, -0.25) is 5.32 Å². The number of halogens is 1. The molecule has 0 fully saturated rings. The molecule has 7 nitrogen and oxygen atoms in total. The molecule has 3 rings (SSSR count). The van der Waals surface area contributed by atoms with Crippen LogP contribution in [-0.4, -0.2) is 34.1 Å². The zero-order chi connectivity index (χ0) is 19.2. The summed E-state index contributed by atoms with van der Waals surface area (Å²) in [6.45, 7) is 0.272. The van der Waals surface area contributed by atoms with Crippen molar-refractivity contribution < 1.29 is 13.9 Å². The van der Waals surface area contributed by atoms with Crippen LogP contribution in [0.25, 0.3) is 0 Å². The molecule has 0 bridgehead atoms. The van der Waals surface area contributed by atoms with Gasteiger partial charge in [-0.1, -0.05) is 18.2 Å². The molecule has 1 heterocycles. The van der Waals surface area contributed by atoms with Crippen LogP contribution in [0.3, 0.4) is 0 Å². The topological polar surface area (TPSA) is 73.2 Å². The van der Waals surface area contributed by atoms with E-state index < -0.39 is 0 Å². The molecule has 0 unspecified atom stereocenters. The number of nitrogens with zero attached hydrogens (tertiary/aromatic N) is 3. The molecular weight excluding hydrogens is 369 g/mol. The molecule has 0 spiro atoms. The first kappa shape index (κ1) is 18.6. The van der Waals surface area contributed by atoms with Crippen LogP contribution >= 0.6 is 12.2 Å². The lowest BCUT2D eigenvalue weighted by Crippen LogP contribution is -2.20. The second-order valence-electron chi connectivity index (χ2n) is 5.50. The van der Waals surface area contributed by atoms with Gasteiger partial charge in [-0.05, 0) is 30.4 Å². The number of hydrogen-bond donors (Lipinski definition) is 2. The lowest BCUT2D eigenvalue weighted by Gasteiger charge is -2.13. The molecule has 0 amide bonds. The summed E-state index contributed by atoms with van der Waals surface area (Å²) in [5.74, 6) is 1.27. The minimum absolute atomic E-state index is 0.272. The first-order chi connectivity index (χ1) is 13.1. The molecule has 0 saturated carbocycles. The van der Waals surface area contributed by atoms with E-state index in [2.05, 4.69) is 20.7 Å². The van der Waals surface area contributed by atoms with E-state index in [1.165, 1.54) is 17.1 Å². The van der Waals surface area contributed by atoms with E-state index in [1.54, 1.807) is 50.6 Å². The van der Waals surface area contributed by atoms with Gasteiger partial charge in [-0.25, -0.2) is 14.1 Å². The minimum Gasteiger partial charge on any atom is -0.497 e. The van der Waals surface area contributed by atoms with E-state index in [9.17, 15) is 4.39 Å². The van der Waals surface area contributed by atoms with Gasteiger partial charge in [0, 0.05) is 11.6 Å². The summed E-state index contributed by atoms with van der Waals surface area (Å²) in [5.41, 5.74) is 1.19. The molecule has 9 heteroatoms. The molecule has 2 N–H and O–H groups in total. The van der Waals surface area contributed by atoms with E-state index in [-0.39, 0.29) is 12.4 Å². The first-order valence-corrected chi connectivity index (χ1v) is 8.42. The highest BCUT2D eigenvalue weighted by Crippen LogP contribution is 2.29. The highest BCUT2D eigenvalue weighted by molar-refractivity contribution is 7.80. The predicted octanol–water partition coefficient (Wildman–Crippen LogP) is 3.29. The highest BCUT2D eigenvalue weighted by Gasteiger charge is 2.09. The van der Waals surface area contributed by atoms with Gasteiger partial charge in [0.1, 0.15) is 23.6 Å². The highest BCUT2D eigenvalue weighted by atomic mass is 32.1. The Kier molecular flexibility index (Phi) is 5.82. The van der Waals surface area contributed by atoms with Gasteiger partial charge in [-0.15, -0.1) is 5.10 Å². The SMILES string of the molecule is COc1ccc(NC(=S)Nc2ncn(Cc3ccccc3F)n2)c(OC)c1. The Labute approximate surface area is 161 Å². The smallest absolute Gasteiger partial charge is 0.248 e. The van der Waals surface area contributed by atoms with E-state index in [0.29, 0.717) is 33.8 Å². The van der Waals surface area contributed by atoms with Crippen molar-refractivity contribution in [1.29, 1.82) is 0 Å². The van der Waals surface area contributed by atoms with Crippen LogP contribution in [0.15, 0.2) is 48.8 Å². The Hall–Kier alpha value is -3.20. The third-order valence-electron chi connectivity index (χ3n) is 3.71. The van der Waals surface area contributed by atoms with Gasteiger partial charge >= 0.3 is 0 Å². The van der Waals surface area contributed by atoms with Crippen LogP contribution < -0.4 is 20.1 Å². The number of rotatable bonds is 6. The molecule has 0 aliphatic carbocycles. The molecule has 27 heavy (non-hydrogen) atoms. The van der Waals surface area contributed by atoms with Crippen LogP contribution in [0.4, 0.5) is 16.0 Å². The Morgan fingerprint density at radius 1 is 1.15 bits per heavy atom. The number of benzene rings is 2. The summed E-state index contributed by atoms with van der Waals surface area (Å²) in [6, 6.07) is 11.8. The standard InChI is InChI=1S/C18H18FN5O2S/c1-25-13-7-8-15(16(9-13)26-2)21-18(27)22-17-20-11-24(23-17)10-12-5-3-4-6-14(12)19/h3-9,11H,10H2,1-2H3,(H2,21,22,23,27). The second-order valence-corrected chi connectivity index (χ2v) is 5.91. The van der Waals surface area contributed by atoms with Crippen LogP contribution in [-0.2, 0) is 6.54 Å². The third kappa shape index (κ3) is 4.70. The van der Waals surface area contributed by atoms with Crippen molar-refractivity contribution in [2.75, 3.05) is 24.9 Å². The summed E-state index contributed by atoms with van der Waals surface area (Å²) >= 11 is 5.29. The zero-order valence-electron chi connectivity index (χ0n) is 14.8. The Morgan fingerprint density at radius 3 is 2.70 bits per heavy atom. The van der Waals surface area contributed by atoms with E-state index >= 15 is 0 Å². The van der Waals surface area contributed by atoms with Crippen LogP contribution in [0.5, 0.6) is 11.5 Å². The fourth-order valence-electron chi connectivity index (χ4n) is 2.39. The molecule has 0 saturated heterocycles. The Balaban J connectivity index is 1.64. The lowest BCUT2D eigenvalue weighted by molar-refractivity contribution is 0.395. The fourth-order valence-corrected chi connectivity index (χ4v) is 2.59. The quantitative estimate of drug-likeness (QED) is 0.629. The molecule has 3 aromatic rings. The van der Waals surface area contributed by atoms with Crippen LogP contribution in [0, 0.1) is 5.82 Å². The van der Waals surface area contributed by atoms with Gasteiger partial charge < -0.3 is 14.8 Å². The van der Waals surface area contributed by atoms with Crippen LogP contribution in [0.1, 0.15) is 5.56 Å². The molecule has 1 aromatic heterocycles. The van der Waals surface area contributed by atoms with E-state index in [0.717, 1.165) is 0 Å². The van der Waals surface area contributed by atoms with E-state index in [1.807, 2.05) is 0 Å². The molecule has 0 atom stereocenters. The number of anilines is 2. The molecule has 0 radical (unpaired) electrons. The van der Waals surface area contributed by atoms with Crippen molar-refractivity contribution in [2.45, 2.75) is 6.54 Å². The molecule has 2 aromatic carbocycles. The van der Waals surface area contributed by atoms with E-state index in [4.69, 9.17) is 21.7 Å². The van der Waals surface area contributed by atoms with Crippen molar-refractivity contribution in [3.8, 4) is 11.5 Å². The summed E-state index contributed by atoms with van der Waals surface area (Å²) in [4.78, 5) is 4.13. The maximum absolute atomic E-state index is 13.7. The predicted molar refractivity (Wildman–Crippen MR) is 105 cm³/mol. The monoisotopic (exact) mass is 387 g/mol. The van der Waals surface area contributed by atoms with Gasteiger partial charge in [0.25, 0.3) is 0 Å². The molecular formula is C18H18FN5O2S. The number of methoxy groups -OCH3 is 2. The van der Waals surface area contributed by atoms with Gasteiger partial charge in [0.2, 0.25) is 5.95 Å². The number of ether oxygens (including phenoxy) is 2. The van der Waals surface area contributed by atoms with Gasteiger partial charge in [0.15, 0.2) is 5.11 Å². The maximum Gasteiger partial charge on any atom is 0.248 e. The fraction of sp³-hybridized carbons (Fsp3) is 0.167. The average molecular weight is 387 g/mol. The average Bonchev–Trinajstić information content (AvgIpc) is 3.10. The normalized spacial score (nSPS) is 10.3. The third-order valence-corrected chi connectivity index (χ3v) is 3.91. The number of nitrogens with one attached hydrogen (secondary N) is 2. The Morgan fingerprint density at radius 2 is 1.96 bits per heavy atom. The van der Waals surface area contributed by atoms with Crippen molar-refractivity contribution in [2.24, 2.45) is 0 Å². The summed E-state index contributed by atoms with van der Waals surface area (Å²) < 4.78 is 25.7. The zero-order valence-corrected chi connectivity index (χ0v) is 15.6. The number of thiocarbonyl (C=S) groups is 1. The minimum atomic E-state index is -0.286. The second kappa shape index (κ2) is 8.45. The molecule has 0 aliphatic heterocycles. The van der Waals surface area contributed by atoms with Crippen molar-refractivity contribution in [1.82, 2.24) is 14.8 Å². The van der Waals surface area contributed by atoms with Gasteiger partial charge in [0.05, 0.1) is 26.5 Å².